The van der Waals surface area contributed by atoms with Crippen LogP contribution in [0, 0.1) is 11.8 Å². The number of nitrogens with one attached hydrogen (secondary N) is 2. The average Bonchev–Trinajstić information content (AvgIpc) is 3.06. The number of hydrazine groups is 1. The highest BCUT2D eigenvalue weighted by Crippen LogP contribution is 2.76. The van der Waals surface area contributed by atoms with Gasteiger partial charge in [-0.1, -0.05) is 82.8 Å². The van der Waals surface area contributed by atoms with Crippen LogP contribution in [-0.4, -0.2) is 37.0 Å². The van der Waals surface area contributed by atoms with Crippen molar-refractivity contribution < 1.29 is 24.2 Å². The Morgan fingerprint density at radius 3 is 1.69 bits per heavy atom. The van der Waals surface area contributed by atoms with E-state index in [0.717, 1.165) is 0 Å². The second-order valence-electron chi connectivity index (χ2n) is 8.51. The molecule has 2 aromatic rings. The maximum Gasteiger partial charge on any atom is 0.309 e. The van der Waals surface area contributed by atoms with Crippen molar-refractivity contribution in [3.8, 4) is 11.5 Å². The first-order chi connectivity index (χ1) is 16.9. The van der Waals surface area contributed by atoms with Gasteiger partial charge in [-0.2, -0.15) is 0 Å². The van der Waals surface area contributed by atoms with Crippen LogP contribution in [0.2, 0.25) is 0 Å². The van der Waals surface area contributed by atoms with Crippen molar-refractivity contribution in [1.82, 2.24) is 10.9 Å². The van der Waals surface area contributed by atoms with Crippen LogP contribution in [0.1, 0.15) is 17.0 Å². The second-order valence-corrected chi connectivity index (χ2v) is 11.8. The predicted molar refractivity (Wildman–Crippen MR) is 136 cm³/mol. The molecule has 188 valence electrons. The summed E-state index contributed by atoms with van der Waals surface area (Å²) in [6.07, 6.45) is 0. The summed E-state index contributed by atoms with van der Waals surface area (Å²) in [7, 11) is 0. The number of carbonyl (C=O) groups is 3. The Bertz CT molecular complexity index is 1320. The van der Waals surface area contributed by atoms with Gasteiger partial charge in [0, 0.05) is 11.1 Å². The Hall–Kier alpha value is -1.87. The fourth-order valence-electron chi connectivity index (χ4n) is 5.09. The number of aliphatic carboxylic acids is 1. The fourth-order valence-corrected chi connectivity index (χ4v) is 8.03. The first-order valence-corrected chi connectivity index (χ1v) is 12.7. The minimum Gasteiger partial charge on any atom is -0.481 e. The molecule has 1 fully saturated rings. The quantitative estimate of drug-likeness (QED) is 0.326. The Kier molecular flexibility index (Phi) is 6.14. The standard InChI is InChI=1S/C23H14Cl6N2O5/c24-16-17(25)22(27)15(20(34)35)14(21(16,26)23(22,28)29)19(33)31-30-18(32)13-9-5-1-3-7-11(9)36-12-8-4-2-6-10(12)13/h1-8,13-15H,(H,30,32)(H,31,33)(H,34,35)/t14-,15+,21-,22-/m1/s1. The van der Waals surface area contributed by atoms with Crippen LogP contribution in [0.3, 0.4) is 0 Å². The van der Waals surface area contributed by atoms with Gasteiger partial charge in [0.25, 0.3) is 5.91 Å². The molecule has 2 bridgehead atoms. The van der Waals surface area contributed by atoms with E-state index in [1.54, 1.807) is 48.5 Å². The van der Waals surface area contributed by atoms with Crippen LogP contribution in [0.15, 0.2) is 58.6 Å². The van der Waals surface area contributed by atoms with Crippen molar-refractivity contribution in [1.29, 1.82) is 0 Å². The van der Waals surface area contributed by atoms with Crippen LogP contribution in [0.4, 0.5) is 0 Å². The molecule has 5 rings (SSSR count). The van der Waals surface area contributed by atoms with Gasteiger partial charge in [-0.3, -0.25) is 25.2 Å². The summed E-state index contributed by atoms with van der Waals surface area (Å²) in [5.41, 5.74) is 5.72. The molecule has 2 aliphatic carbocycles. The first-order valence-electron chi connectivity index (χ1n) is 10.4. The topological polar surface area (TPSA) is 105 Å². The molecule has 1 aliphatic heterocycles. The smallest absolute Gasteiger partial charge is 0.309 e. The number of hydrogen-bond donors (Lipinski definition) is 3. The SMILES string of the molecule is O=C(NNC(=O)[C@H]1[C@@H](C(=O)O)[C@@]2(Cl)C(Cl)=C(Cl)[C@@]1(Cl)C2(Cl)Cl)C1c2ccccc2Oc2ccccc21. The summed E-state index contributed by atoms with van der Waals surface area (Å²) in [4.78, 5) is 34.5. The van der Waals surface area contributed by atoms with Crippen molar-refractivity contribution in [2.24, 2.45) is 11.8 Å². The number of carboxylic acids is 1. The summed E-state index contributed by atoms with van der Waals surface area (Å²) in [6, 6.07) is 13.9. The Labute approximate surface area is 234 Å². The molecule has 0 unspecified atom stereocenters. The zero-order valence-corrected chi connectivity index (χ0v) is 22.2. The van der Waals surface area contributed by atoms with Crippen LogP contribution in [0.25, 0.3) is 0 Å². The monoisotopic (exact) mass is 608 g/mol. The Morgan fingerprint density at radius 2 is 1.19 bits per heavy atom. The Morgan fingerprint density at radius 1 is 0.750 bits per heavy atom. The van der Waals surface area contributed by atoms with E-state index in [1.165, 1.54) is 0 Å². The van der Waals surface area contributed by atoms with E-state index in [0.29, 0.717) is 22.6 Å². The number of para-hydroxylation sites is 2. The number of hydrogen-bond acceptors (Lipinski definition) is 4. The first kappa shape index (κ1) is 25.8. The van der Waals surface area contributed by atoms with Crippen LogP contribution < -0.4 is 15.6 Å². The number of benzene rings is 2. The number of halogens is 6. The number of rotatable bonds is 3. The highest BCUT2D eigenvalue weighted by atomic mass is 35.5. The molecule has 1 saturated carbocycles. The van der Waals surface area contributed by atoms with E-state index in [4.69, 9.17) is 74.3 Å². The van der Waals surface area contributed by atoms with Crippen LogP contribution in [-0.2, 0) is 14.4 Å². The lowest BCUT2D eigenvalue weighted by Gasteiger charge is -2.33. The molecule has 36 heavy (non-hydrogen) atoms. The molecular weight excluding hydrogens is 597 g/mol. The van der Waals surface area contributed by atoms with Crippen molar-refractivity contribution in [2.45, 2.75) is 20.0 Å². The van der Waals surface area contributed by atoms with E-state index < -0.39 is 49.6 Å². The van der Waals surface area contributed by atoms with E-state index in [-0.39, 0.29) is 10.1 Å². The van der Waals surface area contributed by atoms with Crippen molar-refractivity contribution in [2.75, 3.05) is 0 Å². The molecule has 7 nitrogen and oxygen atoms in total. The highest BCUT2D eigenvalue weighted by Gasteiger charge is 2.85. The van der Waals surface area contributed by atoms with Gasteiger partial charge in [-0.05, 0) is 12.1 Å². The van der Waals surface area contributed by atoms with Gasteiger partial charge in [-0.15, -0.1) is 23.2 Å². The lowest BCUT2D eigenvalue weighted by Crippen LogP contribution is -2.54. The Balaban J connectivity index is 1.45. The minimum atomic E-state index is -2.26. The molecule has 2 amide bonds. The maximum absolute atomic E-state index is 13.3. The second kappa shape index (κ2) is 8.58. The number of carboxylic acid groups (broad SMARTS) is 1. The lowest BCUT2D eigenvalue weighted by molar-refractivity contribution is -0.147. The average molecular weight is 611 g/mol. The number of allylic oxidation sites excluding steroid dienone is 2. The summed E-state index contributed by atoms with van der Waals surface area (Å²) >= 11 is 38.5. The van der Waals surface area contributed by atoms with Crippen LogP contribution in [0.5, 0.6) is 11.5 Å². The molecule has 3 N–H and O–H groups in total. The van der Waals surface area contributed by atoms with Gasteiger partial charge < -0.3 is 9.84 Å². The molecule has 4 atom stereocenters. The number of carbonyl (C=O) groups excluding carboxylic acids is 2. The van der Waals surface area contributed by atoms with Crippen molar-refractivity contribution >= 4 is 87.4 Å². The zero-order valence-electron chi connectivity index (χ0n) is 17.7. The van der Waals surface area contributed by atoms with Gasteiger partial charge in [0.2, 0.25) is 5.91 Å². The maximum atomic E-state index is 13.3. The summed E-state index contributed by atoms with van der Waals surface area (Å²) < 4.78 is 3.62. The number of amides is 2. The van der Waals surface area contributed by atoms with Crippen LogP contribution >= 0.6 is 69.6 Å². The molecule has 0 radical (unpaired) electrons. The van der Waals surface area contributed by atoms with Gasteiger partial charge in [0.05, 0.1) is 27.8 Å². The predicted octanol–water partition coefficient (Wildman–Crippen LogP) is 5.23. The third kappa shape index (κ3) is 3.17. The number of ether oxygens (including phenoxy) is 1. The molecule has 0 saturated heterocycles. The molecular formula is C23H14Cl6N2O5. The summed E-state index contributed by atoms with van der Waals surface area (Å²) in [5.74, 6) is -6.50. The highest BCUT2D eigenvalue weighted by molar-refractivity contribution is 6.66. The van der Waals surface area contributed by atoms with E-state index in [2.05, 4.69) is 10.9 Å². The molecule has 13 heteroatoms. The molecule has 2 aromatic carbocycles. The summed E-state index contributed by atoms with van der Waals surface area (Å²) in [6.45, 7) is 0. The normalized spacial score (nSPS) is 29.7. The minimum absolute atomic E-state index is 0.345. The van der Waals surface area contributed by atoms with Gasteiger partial charge in [-0.25, -0.2) is 0 Å². The lowest BCUT2D eigenvalue weighted by atomic mass is 9.81. The molecule has 1 heterocycles. The number of alkyl halides is 4. The van der Waals surface area contributed by atoms with Crippen molar-refractivity contribution in [3.05, 3.63) is 69.7 Å². The summed E-state index contributed by atoms with van der Waals surface area (Å²) in [5, 5.41) is 9.20. The fraction of sp³-hybridized carbons (Fsp3) is 0.261. The van der Waals surface area contributed by atoms with E-state index >= 15 is 0 Å². The third-order valence-electron chi connectivity index (χ3n) is 6.74. The van der Waals surface area contributed by atoms with E-state index in [9.17, 15) is 19.5 Å². The van der Waals surface area contributed by atoms with Gasteiger partial charge >= 0.3 is 5.97 Å². The molecule has 0 spiro atoms. The van der Waals surface area contributed by atoms with Crippen molar-refractivity contribution in [3.63, 3.8) is 0 Å². The van der Waals surface area contributed by atoms with Gasteiger partial charge in [0.15, 0.2) is 4.33 Å². The molecule has 3 aliphatic rings. The third-order valence-corrected chi connectivity index (χ3v) is 11.0. The van der Waals surface area contributed by atoms with E-state index in [1.807, 2.05) is 0 Å². The largest absolute Gasteiger partial charge is 0.481 e. The molecule has 0 aromatic heterocycles. The van der Waals surface area contributed by atoms with Gasteiger partial charge in [0.1, 0.15) is 21.2 Å². The number of fused-ring (bicyclic) bond motifs is 4. The zero-order chi connectivity index (χ0) is 26.2.